The molecule has 0 heterocycles. The molecule has 0 bridgehead atoms. The fourth-order valence-corrected chi connectivity index (χ4v) is 1.98. The molecule has 2 aromatic carbocycles. The minimum atomic E-state index is 0.170. The number of aromatic hydroxyl groups is 1. The summed E-state index contributed by atoms with van der Waals surface area (Å²) in [4.78, 5) is 4.39. The smallest absolute Gasteiger partial charge is 0.128 e. The highest BCUT2D eigenvalue weighted by atomic mass is 16.5. The fraction of sp³-hybridized carbons (Fsp3) is 0.278. The van der Waals surface area contributed by atoms with E-state index in [0.717, 1.165) is 5.69 Å². The van der Waals surface area contributed by atoms with Gasteiger partial charge in [-0.05, 0) is 42.7 Å². The maximum atomic E-state index is 9.94. The number of hydrogen-bond donors (Lipinski definition) is 1. The summed E-state index contributed by atoms with van der Waals surface area (Å²) >= 11 is 0. The fourth-order valence-electron chi connectivity index (χ4n) is 1.98. The standard InChI is InChI=1S/C18H21NO2/c1-4-21-17-10-7-15(18(20)11-17)12-19-16-8-5-14(6-9-16)13(2)3/h5-13,20H,4H2,1-3H3. The third-order valence-corrected chi connectivity index (χ3v) is 3.23. The minimum absolute atomic E-state index is 0.170. The molecule has 0 aromatic heterocycles. The van der Waals surface area contributed by atoms with Gasteiger partial charge in [0.2, 0.25) is 0 Å². The maximum absolute atomic E-state index is 9.94. The van der Waals surface area contributed by atoms with Crippen LogP contribution in [0.15, 0.2) is 47.5 Å². The molecule has 1 N–H and O–H groups in total. The van der Waals surface area contributed by atoms with Gasteiger partial charge in [-0.25, -0.2) is 0 Å². The molecule has 2 aromatic rings. The number of ether oxygens (including phenoxy) is 1. The molecule has 0 amide bonds. The highest BCUT2D eigenvalue weighted by molar-refractivity contribution is 5.85. The highest BCUT2D eigenvalue weighted by Gasteiger charge is 2.01. The largest absolute Gasteiger partial charge is 0.507 e. The second-order valence-corrected chi connectivity index (χ2v) is 5.16. The van der Waals surface area contributed by atoms with Crippen molar-refractivity contribution in [2.45, 2.75) is 26.7 Å². The van der Waals surface area contributed by atoms with Crippen molar-refractivity contribution < 1.29 is 9.84 Å². The van der Waals surface area contributed by atoms with Crippen LogP contribution in [0.5, 0.6) is 11.5 Å². The van der Waals surface area contributed by atoms with Crippen LogP contribution < -0.4 is 4.74 Å². The van der Waals surface area contributed by atoms with Crippen molar-refractivity contribution in [1.82, 2.24) is 0 Å². The number of rotatable bonds is 5. The van der Waals surface area contributed by atoms with Gasteiger partial charge in [0.05, 0.1) is 12.3 Å². The summed E-state index contributed by atoms with van der Waals surface area (Å²) in [7, 11) is 0. The average Bonchev–Trinajstić information content (AvgIpc) is 2.47. The normalized spacial score (nSPS) is 11.2. The highest BCUT2D eigenvalue weighted by Crippen LogP contribution is 2.24. The third-order valence-electron chi connectivity index (χ3n) is 3.23. The average molecular weight is 283 g/mol. The number of aliphatic imine (C=N–C) groups is 1. The zero-order chi connectivity index (χ0) is 15.2. The second kappa shape index (κ2) is 6.93. The first-order chi connectivity index (χ1) is 10.1. The molecule has 0 aliphatic carbocycles. The Morgan fingerprint density at radius 3 is 2.43 bits per heavy atom. The summed E-state index contributed by atoms with van der Waals surface area (Å²) in [6.07, 6.45) is 1.66. The molecule has 0 radical (unpaired) electrons. The predicted octanol–water partition coefficient (Wildman–Crippen LogP) is 4.66. The van der Waals surface area contributed by atoms with Gasteiger partial charge in [-0.15, -0.1) is 0 Å². The van der Waals surface area contributed by atoms with Crippen molar-refractivity contribution in [2.75, 3.05) is 6.61 Å². The van der Waals surface area contributed by atoms with E-state index >= 15 is 0 Å². The molecule has 0 spiro atoms. The van der Waals surface area contributed by atoms with Gasteiger partial charge in [0.25, 0.3) is 0 Å². The number of phenolic OH excluding ortho intramolecular Hbond substituents is 1. The molecule has 0 aliphatic rings. The van der Waals surface area contributed by atoms with E-state index in [2.05, 4.69) is 31.0 Å². The Hall–Kier alpha value is -2.29. The van der Waals surface area contributed by atoms with Crippen LogP contribution >= 0.6 is 0 Å². The van der Waals surface area contributed by atoms with Gasteiger partial charge in [0.15, 0.2) is 0 Å². The van der Waals surface area contributed by atoms with Crippen LogP contribution in [0.1, 0.15) is 37.8 Å². The van der Waals surface area contributed by atoms with Crippen molar-refractivity contribution in [3.8, 4) is 11.5 Å². The van der Waals surface area contributed by atoms with E-state index in [1.807, 2.05) is 25.1 Å². The van der Waals surface area contributed by atoms with Gasteiger partial charge < -0.3 is 9.84 Å². The van der Waals surface area contributed by atoms with Gasteiger partial charge in [-0.2, -0.15) is 0 Å². The molecule has 3 nitrogen and oxygen atoms in total. The SMILES string of the molecule is CCOc1ccc(C=Nc2ccc(C(C)C)cc2)c(O)c1. The lowest BCUT2D eigenvalue weighted by molar-refractivity contribution is 0.337. The van der Waals surface area contributed by atoms with Gasteiger partial charge in [0.1, 0.15) is 11.5 Å². The van der Waals surface area contributed by atoms with E-state index < -0.39 is 0 Å². The lowest BCUT2D eigenvalue weighted by Gasteiger charge is -2.05. The Morgan fingerprint density at radius 1 is 1.14 bits per heavy atom. The summed E-state index contributed by atoms with van der Waals surface area (Å²) in [5.41, 5.74) is 2.83. The molecule has 0 saturated carbocycles. The molecule has 21 heavy (non-hydrogen) atoms. The first kappa shape index (κ1) is 15.1. The molecule has 110 valence electrons. The lowest BCUT2D eigenvalue weighted by Crippen LogP contribution is -1.92. The third kappa shape index (κ3) is 4.09. The number of nitrogens with zero attached hydrogens (tertiary/aromatic N) is 1. The number of hydrogen-bond acceptors (Lipinski definition) is 3. The molecular weight excluding hydrogens is 262 g/mol. The van der Waals surface area contributed by atoms with Crippen molar-refractivity contribution in [3.05, 3.63) is 53.6 Å². The summed E-state index contributed by atoms with van der Waals surface area (Å²) in [5, 5.41) is 9.94. The molecular formula is C18H21NO2. The molecule has 3 heteroatoms. The molecule has 0 atom stereocenters. The number of phenols is 1. The monoisotopic (exact) mass is 283 g/mol. The molecule has 0 fully saturated rings. The van der Waals surface area contributed by atoms with Crippen LogP contribution in [0, 0.1) is 0 Å². The topological polar surface area (TPSA) is 41.8 Å². The van der Waals surface area contributed by atoms with E-state index in [0.29, 0.717) is 23.8 Å². The summed E-state index contributed by atoms with van der Waals surface area (Å²) < 4.78 is 5.34. The van der Waals surface area contributed by atoms with Crippen LogP contribution in [-0.4, -0.2) is 17.9 Å². The van der Waals surface area contributed by atoms with Crippen LogP contribution in [0.2, 0.25) is 0 Å². The second-order valence-electron chi connectivity index (χ2n) is 5.16. The van der Waals surface area contributed by atoms with Crippen LogP contribution in [0.4, 0.5) is 5.69 Å². The van der Waals surface area contributed by atoms with Crippen LogP contribution in [0.3, 0.4) is 0 Å². The van der Waals surface area contributed by atoms with Gasteiger partial charge in [-0.1, -0.05) is 26.0 Å². The Kier molecular flexibility index (Phi) is 4.99. The number of benzene rings is 2. The molecule has 0 saturated heterocycles. The maximum Gasteiger partial charge on any atom is 0.128 e. The predicted molar refractivity (Wildman–Crippen MR) is 87.1 cm³/mol. The van der Waals surface area contributed by atoms with E-state index in [4.69, 9.17) is 4.74 Å². The van der Waals surface area contributed by atoms with Gasteiger partial charge >= 0.3 is 0 Å². The summed E-state index contributed by atoms with van der Waals surface area (Å²) in [5.74, 6) is 1.34. The van der Waals surface area contributed by atoms with E-state index in [9.17, 15) is 5.11 Å². The Balaban J connectivity index is 2.13. The Labute approximate surface area is 125 Å². The molecule has 0 unspecified atom stereocenters. The Bertz CT molecular complexity index is 616. The molecule has 2 rings (SSSR count). The van der Waals surface area contributed by atoms with Crippen molar-refractivity contribution in [3.63, 3.8) is 0 Å². The van der Waals surface area contributed by atoms with Crippen LogP contribution in [0.25, 0.3) is 0 Å². The van der Waals surface area contributed by atoms with E-state index in [-0.39, 0.29) is 5.75 Å². The van der Waals surface area contributed by atoms with Crippen molar-refractivity contribution in [1.29, 1.82) is 0 Å². The first-order valence-corrected chi connectivity index (χ1v) is 7.20. The van der Waals surface area contributed by atoms with Crippen molar-refractivity contribution in [2.24, 2.45) is 4.99 Å². The summed E-state index contributed by atoms with van der Waals surface area (Å²) in [6.45, 7) is 6.81. The zero-order valence-electron chi connectivity index (χ0n) is 12.7. The zero-order valence-corrected chi connectivity index (χ0v) is 12.7. The molecule has 0 aliphatic heterocycles. The van der Waals surface area contributed by atoms with Crippen molar-refractivity contribution >= 4 is 11.9 Å². The first-order valence-electron chi connectivity index (χ1n) is 7.20. The van der Waals surface area contributed by atoms with E-state index in [1.165, 1.54) is 5.56 Å². The summed E-state index contributed by atoms with van der Waals surface area (Å²) in [6, 6.07) is 13.4. The van der Waals surface area contributed by atoms with E-state index in [1.54, 1.807) is 18.3 Å². The Morgan fingerprint density at radius 2 is 1.86 bits per heavy atom. The van der Waals surface area contributed by atoms with Crippen LogP contribution in [-0.2, 0) is 0 Å². The lowest BCUT2D eigenvalue weighted by atomic mass is 10.0. The minimum Gasteiger partial charge on any atom is -0.507 e. The quantitative estimate of drug-likeness (QED) is 0.810. The van der Waals surface area contributed by atoms with Gasteiger partial charge in [-0.3, -0.25) is 4.99 Å². The van der Waals surface area contributed by atoms with Gasteiger partial charge in [0, 0.05) is 17.8 Å².